The van der Waals surface area contributed by atoms with Gasteiger partial charge in [-0.05, 0) is 36.5 Å². The lowest BCUT2D eigenvalue weighted by Gasteiger charge is -2.12. The van der Waals surface area contributed by atoms with E-state index in [4.69, 9.17) is 0 Å². The predicted molar refractivity (Wildman–Crippen MR) is 59.1 cm³/mol. The fourth-order valence-corrected chi connectivity index (χ4v) is 1.76. The molecule has 0 aliphatic rings. The van der Waals surface area contributed by atoms with Gasteiger partial charge < -0.3 is 4.79 Å². The molecule has 0 saturated carbocycles. The SMILES string of the molecule is CC(C)CC(C=O)Cc1cccc(F)c1. The van der Waals surface area contributed by atoms with E-state index in [1.165, 1.54) is 12.1 Å². The lowest BCUT2D eigenvalue weighted by Crippen LogP contribution is -2.09. The molecule has 0 bridgehead atoms. The molecule has 1 unspecified atom stereocenters. The maximum absolute atomic E-state index is 12.9. The Morgan fingerprint density at radius 2 is 2.13 bits per heavy atom. The highest BCUT2D eigenvalue weighted by Gasteiger charge is 2.10. The van der Waals surface area contributed by atoms with Crippen molar-refractivity contribution >= 4 is 6.29 Å². The van der Waals surface area contributed by atoms with Crippen molar-refractivity contribution in [2.75, 3.05) is 0 Å². The minimum absolute atomic E-state index is 0.00630. The van der Waals surface area contributed by atoms with Gasteiger partial charge in [0.2, 0.25) is 0 Å². The van der Waals surface area contributed by atoms with Crippen molar-refractivity contribution in [1.29, 1.82) is 0 Å². The Balaban J connectivity index is 2.62. The van der Waals surface area contributed by atoms with E-state index in [0.717, 1.165) is 18.3 Å². The molecule has 1 rings (SSSR count). The molecule has 1 nitrogen and oxygen atoms in total. The summed E-state index contributed by atoms with van der Waals surface area (Å²) in [5, 5.41) is 0. The molecule has 0 aromatic heterocycles. The van der Waals surface area contributed by atoms with Crippen LogP contribution in [-0.2, 0) is 11.2 Å². The van der Waals surface area contributed by atoms with Gasteiger partial charge in [-0.3, -0.25) is 0 Å². The zero-order valence-corrected chi connectivity index (χ0v) is 9.24. The zero-order valence-electron chi connectivity index (χ0n) is 9.24. The number of aldehydes is 1. The van der Waals surface area contributed by atoms with Crippen LogP contribution in [0.3, 0.4) is 0 Å². The van der Waals surface area contributed by atoms with Gasteiger partial charge in [0.05, 0.1) is 0 Å². The zero-order chi connectivity index (χ0) is 11.3. The first-order chi connectivity index (χ1) is 7.11. The van der Waals surface area contributed by atoms with Gasteiger partial charge in [-0.15, -0.1) is 0 Å². The molecule has 1 aromatic rings. The summed E-state index contributed by atoms with van der Waals surface area (Å²) in [7, 11) is 0. The van der Waals surface area contributed by atoms with Gasteiger partial charge in [0.15, 0.2) is 0 Å². The Labute approximate surface area is 90.3 Å². The highest BCUT2D eigenvalue weighted by Crippen LogP contribution is 2.16. The van der Waals surface area contributed by atoms with Crippen LogP contribution in [0.5, 0.6) is 0 Å². The van der Waals surface area contributed by atoms with Gasteiger partial charge in [0, 0.05) is 5.92 Å². The summed E-state index contributed by atoms with van der Waals surface area (Å²) < 4.78 is 12.9. The second kappa shape index (κ2) is 5.64. The van der Waals surface area contributed by atoms with Gasteiger partial charge in [0.25, 0.3) is 0 Å². The Kier molecular flexibility index (Phi) is 4.47. The predicted octanol–water partition coefficient (Wildman–Crippen LogP) is 3.23. The van der Waals surface area contributed by atoms with Crippen LogP contribution in [0.4, 0.5) is 4.39 Å². The Bertz CT molecular complexity index is 320. The van der Waals surface area contributed by atoms with Crippen LogP contribution >= 0.6 is 0 Å². The minimum atomic E-state index is -0.235. The summed E-state index contributed by atoms with van der Waals surface area (Å²) in [5.41, 5.74) is 0.896. The second-order valence-electron chi connectivity index (χ2n) is 4.36. The van der Waals surface area contributed by atoms with E-state index in [0.29, 0.717) is 12.3 Å². The van der Waals surface area contributed by atoms with E-state index < -0.39 is 0 Å². The summed E-state index contributed by atoms with van der Waals surface area (Å²) in [6, 6.07) is 6.46. The molecule has 0 N–H and O–H groups in total. The van der Waals surface area contributed by atoms with Crippen molar-refractivity contribution in [2.45, 2.75) is 26.7 Å². The van der Waals surface area contributed by atoms with Gasteiger partial charge in [-0.1, -0.05) is 26.0 Å². The maximum atomic E-state index is 12.9. The normalized spacial score (nSPS) is 12.8. The van der Waals surface area contributed by atoms with Crippen LogP contribution in [0.1, 0.15) is 25.8 Å². The largest absolute Gasteiger partial charge is 0.303 e. The molecule has 0 fully saturated rings. The van der Waals surface area contributed by atoms with Crippen molar-refractivity contribution in [3.8, 4) is 0 Å². The molecule has 15 heavy (non-hydrogen) atoms. The van der Waals surface area contributed by atoms with Gasteiger partial charge in [0.1, 0.15) is 12.1 Å². The molecule has 2 heteroatoms. The van der Waals surface area contributed by atoms with Crippen molar-refractivity contribution in [3.63, 3.8) is 0 Å². The van der Waals surface area contributed by atoms with E-state index in [1.807, 2.05) is 6.07 Å². The number of benzene rings is 1. The number of hydrogen-bond acceptors (Lipinski definition) is 1. The topological polar surface area (TPSA) is 17.1 Å². The molecule has 0 aliphatic heterocycles. The fourth-order valence-electron chi connectivity index (χ4n) is 1.76. The van der Waals surface area contributed by atoms with Crippen LogP contribution in [0.2, 0.25) is 0 Å². The highest BCUT2D eigenvalue weighted by atomic mass is 19.1. The van der Waals surface area contributed by atoms with Crippen molar-refractivity contribution in [3.05, 3.63) is 35.6 Å². The number of hydrogen-bond donors (Lipinski definition) is 0. The molecular formula is C13H17FO. The molecular weight excluding hydrogens is 191 g/mol. The van der Waals surface area contributed by atoms with Crippen molar-refractivity contribution in [2.24, 2.45) is 11.8 Å². The Morgan fingerprint density at radius 1 is 1.40 bits per heavy atom. The second-order valence-corrected chi connectivity index (χ2v) is 4.36. The average Bonchev–Trinajstić information content (AvgIpc) is 2.16. The Hall–Kier alpha value is -1.18. The third-order valence-electron chi connectivity index (χ3n) is 2.35. The van der Waals surface area contributed by atoms with Gasteiger partial charge in [-0.2, -0.15) is 0 Å². The standard InChI is InChI=1S/C13H17FO/c1-10(2)6-12(9-15)7-11-4-3-5-13(14)8-11/h3-5,8-10,12H,6-7H2,1-2H3. The van der Waals surface area contributed by atoms with Gasteiger partial charge >= 0.3 is 0 Å². The average molecular weight is 208 g/mol. The smallest absolute Gasteiger partial charge is 0.123 e. The first-order valence-electron chi connectivity index (χ1n) is 5.31. The monoisotopic (exact) mass is 208 g/mol. The number of carbonyl (C=O) groups is 1. The van der Waals surface area contributed by atoms with Crippen LogP contribution in [0.15, 0.2) is 24.3 Å². The third-order valence-corrected chi connectivity index (χ3v) is 2.35. The first kappa shape index (κ1) is 11.9. The number of rotatable bonds is 5. The lowest BCUT2D eigenvalue weighted by atomic mass is 9.92. The van der Waals surface area contributed by atoms with Crippen LogP contribution < -0.4 is 0 Å². The fraction of sp³-hybridized carbons (Fsp3) is 0.462. The number of halogens is 1. The molecule has 0 aliphatic carbocycles. The lowest BCUT2D eigenvalue weighted by molar-refractivity contribution is -0.111. The van der Waals surface area contributed by atoms with Crippen LogP contribution in [-0.4, -0.2) is 6.29 Å². The van der Waals surface area contributed by atoms with E-state index in [2.05, 4.69) is 13.8 Å². The van der Waals surface area contributed by atoms with Crippen LogP contribution in [0, 0.1) is 17.7 Å². The summed E-state index contributed by atoms with van der Waals surface area (Å²) in [4.78, 5) is 10.8. The molecule has 0 heterocycles. The molecule has 1 aromatic carbocycles. The summed E-state index contributed by atoms with van der Waals surface area (Å²) >= 11 is 0. The first-order valence-corrected chi connectivity index (χ1v) is 5.31. The summed E-state index contributed by atoms with van der Waals surface area (Å²) in [6.07, 6.45) is 2.48. The third kappa shape index (κ3) is 4.24. The summed E-state index contributed by atoms with van der Waals surface area (Å²) in [6.45, 7) is 4.17. The van der Waals surface area contributed by atoms with Crippen molar-refractivity contribution < 1.29 is 9.18 Å². The van der Waals surface area contributed by atoms with E-state index in [1.54, 1.807) is 6.07 Å². The Morgan fingerprint density at radius 3 is 2.67 bits per heavy atom. The van der Waals surface area contributed by atoms with Crippen molar-refractivity contribution in [1.82, 2.24) is 0 Å². The highest BCUT2D eigenvalue weighted by molar-refractivity contribution is 5.54. The summed E-state index contributed by atoms with van der Waals surface area (Å²) in [5.74, 6) is 0.266. The molecule has 0 amide bonds. The molecule has 82 valence electrons. The number of carbonyl (C=O) groups excluding carboxylic acids is 1. The van der Waals surface area contributed by atoms with E-state index >= 15 is 0 Å². The molecule has 0 spiro atoms. The van der Waals surface area contributed by atoms with Crippen LogP contribution in [0.25, 0.3) is 0 Å². The molecule has 1 atom stereocenters. The molecule has 0 saturated heterocycles. The van der Waals surface area contributed by atoms with E-state index in [-0.39, 0.29) is 11.7 Å². The van der Waals surface area contributed by atoms with Gasteiger partial charge in [-0.25, -0.2) is 4.39 Å². The molecule has 0 radical (unpaired) electrons. The minimum Gasteiger partial charge on any atom is -0.303 e. The maximum Gasteiger partial charge on any atom is 0.123 e. The van der Waals surface area contributed by atoms with E-state index in [9.17, 15) is 9.18 Å². The quantitative estimate of drug-likeness (QED) is 0.679.